The van der Waals surface area contributed by atoms with Gasteiger partial charge in [0.15, 0.2) is 0 Å². The van der Waals surface area contributed by atoms with Gasteiger partial charge < -0.3 is 15.3 Å². The highest BCUT2D eigenvalue weighted by atomic mass is 16.4. The number of piperazine rings is 1. The van der Waals surface area contributed by atoms with E-state index in [1.807, 2.05) is 6.92 Å². The molecular formula is C7H12N2O3. The lowest BCUT2D eigenvalue weighted by Crippen LogP contribution is -2.54. The Bertz CT molecular complexity index is 205. The van der Waals surface area contributed by atoms with Gasteiger partial charge in [-0.2, -0.15) is 0 Å². The highest BCUT2D eigenvalue weighted by Gasteiger charge is 2.27. The lowest BCUT2D eigenvalue weighted by Gasteiger charge is -2.32. The van der Waals surface area contributed by atoms with Crippen LogP contribution in [0.3, 0.4) is 0 Å². The summed E-state index contributed by atoms with van der Waals surface area (Å²) in [5, 5.41) is 11.5. The quantitative estimate of drug-likeness (QED) is 0.455. The van der Waals surface area contributed by atoms with Gasteiger partial charge in [-0.3, -0.25) is 4.79 Å². The lowest BCUT2D eigenvalue weighted by molar-refractivity contribution is -0.157. The molecule has 0 aliphatic carbocycles. The zero-order valence-electron chi connectivity index (χ0n) is 6.91. The third kappa shape index (κ3) is 1.73. The van der Waals surface area contributed by atoms with Crippen LogP contribution in [-0.4, -0.2) is 47.6 Å². The SMILES string of the molecule is C[C@H]1CNCCN1C(=O)C(=O)O. The van der Waals surface area contributed by atoms with Gasteiger partial charge in [-0.1, -0.05) is 0 Å². The number of carboxylic acids is 1. The Balaban J connectivity index is 2.59. The summed E-state index contributed by atoms with van der Waals surface area (Å²) in [4.78, 5) is 22.7. The molecule has 0 bridgehead atoms. The van der Waals surface area contributed by atoms with E-state index in [-0.39, 0.29) is 6.04 Å². The van der Waals surface area contributed by atoms with Crippen LogP contribution in [0.1, 0.15) is 6.92 Å². The molecule has 0 radical (unpaired) electrons. The van der Waals surface area contributed by atoms with Crippen molar-refractivity contribution < 1.29 is 14.7 Å². The molecule has 0 unspecified atom stereocenters. The minimum absolute atomic E-state index is 0.0256. The second-order valence-corrected chi connectivity index (χ2v) is 2.86. The predicted molar refractivity (Wildman–Crippen MR) is 41.7 cm³/mol. The maximum Gasteiger partial charge on any atom is 0.394 e. The second kappa shape index (κ2) is 3.53. The van der Waals surface area contributed by atoms with Crippen molar-refractivity contribution in [1.82, 2.24) is 10.2 Å². The Morgan fingerprint density at radius 2 is 2.25 bits per heavy atom. The van der Waals surface area contributed by atoms with E-state index >= 15 is 0 Å². The van der Waals surface area contributed by atoms with E-state index in [4.69, 9.17) is 5.11 Å². The molecule has 1 aliphatic rings. The zero-order chi connectivity index (χ0) is 9.14. The molecule has 5 nitrogen and oxygen atoms in total. The molecule has 1 aliphatic heterocycles. The van der Waals surface area contributed by atoms with Crippen LogP contribution in [0.4, 0.5) is 0 Å². The molecule has 1 heterocycles. The number of rotatable bonds is 0. The number of hydrogen-bond acceptors (Lipinski definition) is 3. The Morgan fingerprint density at radius 3 is 2.75 bits per heavy atom. The van der Waals surface area contributed by atoms with Crippen LogP contribution in [0.25, 0.3) is 0 Å². The summed E-state index contributed by atoms with van der Waals surface area (Å²) in [7, 11) is 0. The average molecular weight is 172 g/mol. The summed E-state index contributed by atoms with van der Waals surface area (Å²) in [6, 6.07) is -0.0256. The summed E-state index contributed by atoms with van der Waals surface area (Å²) in [5.41, 5.74) is 0. The highest BCUT2D eigenvalue weighted by molar-refractivity contribution is 6.31. The smallest absolute Gasteiger partial charge is 0.394 e. The first-order valence-corrected chi connectivity index (χ1v) is 3.87. The van der Waals surface area contributed by atoms with Gasteiger partial charge in [0.25, 0.3) is 0 Å². The maximum absolute atomic E-state index is 11.0. The predicted octanol–water partition coefficient (Wildman–Crippen LogP) is -1.11. The summed E-state index contributed by atoms with van der Waals surface area (Å²) >= 11 is 0. The summed E-state index contributed by atoms with van der Waals surface area (Å²) in [6.45, 7) is 3.64. The minimum Gasteiger partial charge on any atom is -0.474 e. The topological polar surface area (TPSA) is 69.6 Å². The van der Waals surface area contributed by atoms with Gasteiger partial charge in [-0.15, -0.1) is 0 Å². The van der Waals surface area contributed by atoms with Gasteiger partial charge in [-0.25, -0.2) is 4.79 Å². The molecule has 1 amide bonds. The summed E-state index contributed by atoms with van der Waals surface area (Å²) in [6.07, 6.45) is 0. The molecule has 1 fully saturated rings. The van der Waals surface area contributed by atoms with Crippen molar-refractivity contribution in [2.75, 3.05) is 19.6 Å². The van der Waals surface area contributed by atoms with Gasteiger partial charge in [0.1, 0.15) is 0 Å². The molecule has 0 spiro atoms. The van der Waals surface area contributed by atoms with Crippen molar-refractivity contribution in [3.05, 3.63) is 0 Å². The second-order valence-electron chi connectivity index (χ2n) is 2.86. The first kappa shape index (κ1) is 8.99. The van der Waals surface area contributed by atoms with Crippen molar-refractivity contribution >= 4 is 11.9 Å². The molecule has 0 aromatic rings. The molecule has 68 valence electrons. The van der Waals surface area contributed by atoms with E-state index < -0.39 is 11.9 Å². The normalized spacial score (nSPS) is 23.8. The first-order chi connectivity index (χ1) is 5.63. The number of nitrogens with one attached hydrogen (secondary N) is 1. The third-order valence-corrected chi connectivity index (χ3v) is 1.95. The van der Waals surface area contributed by atoms with Crippen LogP contribution in [0.15, 0.2) is 0 Å². The van der Waals surface area contributed by atoms with Crippen molar-refractivity contribution in [3.8, 4) is 0 Å². The molecule has 0 saturated carbocycles. The van der Waals surface area contributed by atoms with Crippen molar-refractivity contribution in [2.24, 2.45) is 0 Å². The molecule has 1 rings (SSSR count). The highest BCUT2D eigenvalue weighted by Crippen LogP contribution is 2.02. The molecule has 0 aromatic heterocycles. The van der Waals surface area contributed by atoms with Crippen LogP contribution < -0.4 is 5.32 Å². The van der Waals surface area contributed by atoms with E-state index in [1.165, 1.54) is 4.90 Å². The Hall–Kier alpha value is -1.10. The lowest BCUT2D eigenvalue weighted by atomic mass is 10.2. The molecular weight excluding hydrogens is 160 g/mol. The minimum atomic E-state index is -1.37. The van der Waals surface area contributed by atoms with E-state index in [0.29, 0.717) is 19.6 Å². The van der Waals surface area contributed by atoms with E-state index in [9.17, 15) is 9.59 Å². The maximum atomic E-state index is 11.0. The number of carbonyl (C=O) groups excluding carboxylic acids is 1. The fourth-order valence-corrected chi connectivity index (χ4v) is 1.27. The van der Waals surface area contributed by atoms with Crippen LogP contribution >= 0.6 is 0 Å². The number of hydrogen-bond donors (Lipinski definition) is 2. The standard InChI is InChI=1S/C7H12N2O3/c1-5-4-8-2-3-9(5)6(10)7(11)12/h5,8H,2-4H2,1H3,(H,11,12)/t5-/m0/s1. The Kier molecular flexibility index (Phi) is 2.65. The van der Waals surface area contributed by atoms with Crippen LogP contribution in [-0.2, 0) is 9.59 Å². The monoisotopic (exact) mass is 172 g/mol. The number of carboxylic acid groups (broad SMARTS) is 1. The number of aliphatic carboxylic acids is 1. The van der Waals surface area contributed by atoms with E-state index in [1.54, 1.807) is 0 Å². The van der Waals surface area contributed by atoms with Crippen LogP contribution in [0, 0.1) is 0 Å². The molecule has 2 N–H and O–H groups in total. The van der Waals surface area contributed by atoms with Crippen LogP contribution in [0.2, 0.25) is 0 Å². The molecule has 5 heteroatoms. The van der Waals surface area contributed by atoms with Crippen LogP contribution in [0.5, 0.6) is 0 Å². The van der Waals surface area contributed by atoms with Gasteiger partial charge in [0, 0.05) is 25.7 Å². The molecule has 0 aromatic carbocycles. The first-order valence-electron chi connectivity index (χ1n) is 3.87. The fraction of sp³-hybridized carbons (Fsp3) is 0.714. The molecule has 1 saturated heterocycles. The number of carbonyl (C=O) groups is 2. The van der Waals surface area contributed by atoms with Gasteiger partial charge in [-0.05, 0) is 6.92 Å². The Morgan fingerprint density at radius 1 is 1.58 bits per heavy atom. The Labute approximate surface area is 70.4 Å². The molecule has 1 atom stereocenters. The largest absolute Gasteiger partial charge is 0.474 e. The zero-order valence-corrected chi connectivity index (χ0v) is 6.91. The van der Waals surface area contributed by atoms with Crippen molar-refractivity contribution in [2.45, 2.75) is 13.0 Å². The van der Waals surface area contributed by atoms with Crippen molar-refractivity contribution in [1.29, 1.82) is 0 Å². The van der Waals surface area contributed by atoms with Gasteiger partial charge in [0.05, 0.1) is 0 Å². The van der Waals surface area contributed by atoms with Crippen molar-refractivity contribution in [3.63, 3.8) is 0 Å². The summed E-state index contributed by atoms with van der Waals surface area (Å²) in [5.74, 6) is -2.17. The summed E-state index contributed by atoms with van der Waals surface area (Å²) < 4.78 is 0. The average Bonchev–Trinajstić information content (AvgIpc) is 2.04. The van der Waals surface area contributed by atoms with Gasteiger partial charge in [0.2, 0.25) is 0 Å². The van der Waals surface area contributed by atoms with E-state index in [2.05, 4.69) is 5.32 Å². The third-order valence-electron chi connectivity index (χ3n) is 1.95. The number of nitrogens with zero attached hydrogens (tertiary/aromatic N) is 1. The number of amides is 1. The fourth-order valence-electron chi connectivity index (χ4n) is 1.27. The van der Waals surface area contributed by atoms with Gasteiger partial charge >= 0.3 is 11.9 Å². The van der Waals surface area contributed by atoms with E-state index in [0.717, 1.165) is 0 Å². The molecule has 12 heavy (non-hydrogen) atoms.